The Balaban J connectivity index is 1.71. The van der Waals surface area contributed by atoms with Gasteiger partial charge in [-0.1, -0.05) is 62.4 Å². The van der Waals surface area contributed by atoms with Gasteiger partial charge in [-0.25, -0.2) is 9.78 Å². The fourth-order valence-electron chi connectivity index (χ4n) is 5.23. The fourth-order valence-corrected chi connectivity index (χ4v) is 5.23. The van der Waals surface area contributed by atoms with Gasteiger partial charge in [0.1, 0.15) is 23.8 Å². The molecule has 44 heavy (non-hydrogen) atoms. The number of aromatic nitrogens is 2. The Bertz CT molecular complexity index is 1210. The van der Waals surface area contributed by atoms with Crippen LogP contribution in [-0.2, 0) is 32.0 Å². The van der Waals surface area contributed by atoms with Crippen LogP contribution in [0.3, 0.4) is 0 Å². The van der Waals surface area contributed by atoms with Crippen LogP contribution in [0.25, 0.3) is 0 Å². The molecule has 0 saturated heterocycles. The van der Waals surface area contributed by atoms with Gasteiger partial charge in [-0.05, 0) is 38.7 Å². The van der Waals surface area contributed by atoms with Crippen molar-refractivity contribution in [2.24, 2.45) is 11.7 Å². The number of amides is 4. The van der Waals surface area contributed by atoms with Crippen LogP contribution in [0.15, 0.2) is 42.9 Å². The number of H-pyrrole nitrogens is 1. The molecular weight excluding hydrogens is 568 g/mol. The molecule has 0 radical (unpaired) electrons. The van der Waals surface area contributed by atoms with E-state index in [0.717, 1.165) is 37.7 Å². The van der Waals surface area contributed by atoms with Crippen LogP contribution in [0.1, 0.15) is 70.6 Å². The van der Waals surface area contributed by atoms with Crippen LogP contribution in [-0.4, -0.2) is 79.9 Å². The quantitative estimate of drug-likeness (QED) is 0.173. The highest BCUT2D eigenvalue weighted by atomic mass is 16.6. The van der Waals surface area contributed by atoms with E-state index < -0.39 is 59.7 Å². The summed E-state index contributed by atoms with van der Waals surface area (Å²) < 4.78 is 5.33. The number of rotatable bonds is 13. The third-order valence-corrected chi connectivity index (χ3v) is 7.51. The van der Waals surface area contributed by atoms with Crippen LogP contribution in [0.4, 0.5) is 4.79 Å². The topological polar surface area (TPSA) is 209 Å². The van der Waals surface area contributed by atoms with Crippen molar-refractivity contribution in [1.82, 2.24) is 25.9 Å². The van der Waals surface area contributed by atoms with Gasteiger partial charge in [0.15, 0.2) is 6.10 Å². The SMILES string of the molecule is CC(C)(C)OC(=O)N[C@@H](Cc1ccccc1)C(=O)N[C@@H](Cc1cnc[nH]1)C(=O)NC(=O)C(O)C(O)C(N)CC1CCCCC1. The molecule has 0 spiro atoms. The third-order valence-electron chi connectivity index (χ3n) is 7.51. The number of aromatic amines is 1. The molecule has 13 nitrogen and oxygen atoms in total. The predicted octanol–water partition coefficient (Wildman–Crippen LogP) is 1.24. The molecule has 1 aromatic carbocycles. The zero-order valence-electron chi connectivity index (χ0n) is 25.6. The average molecular weight is 615 g/mol. The number of carbonyl (C=O) groups is 4. The third kappa shape index (κ3) is 11.4. The minimum Gasteiger partial charge on any atom is -0.444 e. The van der Waals surface area contributed by atoms with Gasteiger partial charge in [0.05, 0.1) is 6.33 Å². The van der Waals surface area contributed by atoms with E-state index in [1.807, 2.05) is 6.07 Å². The lowest BCUT2D eigenvalue weighted by Gasteiger charge is -2.29. The molecule has 5 atom stereocenters. The molecule has 3 unspecified atom stereocenters. The molecule has 0 bridgehead atoms. The number of aliphatic hydroxyl groups excluding tert-OH is 2. The van der Waals surface area contributed by atoms with Crippen LogP contribution < -0.4 is 21.7 Å². The van der Waals surface area contributed by atoms with Crippen LogP contribution in [0.5, 0.6) is 0 Å². The molecule has 1 saturated carbocycles. The first-order valence-electron chi connectivity index (χ1n) is 15.1. The second-order valence-corrected chi connectivity index (χ2v) is 12.4. The molecule has 8 N–H and O–H groups in total. The number of carbonyl (C=O) groups excluding carboxylic acids is 4. The highest BCUT2D eigenvalue weighted by molar-refractivity contribution is 6.01. The summed E-state index contributed by atoms with van der Waals surface area (Å²) >= 11 is 0. The summed E-state index contributed by atoms with van der Waals surface area (Å²) in [7, 11) is 0. The number of hydrogen-bond acceptors (Lipinski definition) is 9. The summed E-state index contributed by atoms with van der Waals surface area (Å²) in [6.45, 7) is 5.07. The maximum Gasteiger partial charge on any atom is 0.408 e. The summed E-state index contributed by atoms with van der Waals surface area (Å²) in [5, 5.41) is 28.4. The summed E-state index contributed by atoms with van der Waals surface area (Å²) in [6.07, 6.45) is 4.20. The highest BCUT2D eigenvalue weighted by Gasteiger charge is 2.34. The molecule has 242 valence electrons. The molecule has 1 fully saturated rings. The summed E-state index contributed by atoms with van der Waals surface area (Å²) in [4.78, 5) is 59.0. The van der Waals surface area contributed by atoms with Crippen molar-refractivity contribution in [3.63, 3.8) is 0 Å². The molecule has 2 aromatic rings. The lowest BCUT2D eigenvalue weighted by Crippen LogP contribution is -2.58. The van der Waals surface area contributed by atoms with E-state index in [2.05, 4.69) is 25.9 Å². The van der Waals surface area contributed by atoms with E-state index >= 15 is 0 Å². The summed E-state index contributed by atoms with van der Waals surface area (Å²) in [5.74, 6) is -2.47. The summed E-state index contributed by atoms with van der Waals surface area (Å²) in [5.41, 5.74) is 6.53. The normalized spacial score (nSPS) is 17.4. The van der Waals surface area contributed by atoms with Crippen LogP contribution in [0, 0.1) is 5.92 Å². The standard InChI is InChI=1S/C31H46N6O7/c1-31(2,3)44-30(43)36-23(15-20-12-8-5-9-13-20)27(40)35-24(16-21-17-33-18-34-21)28(41)37-29(42)26(39)25(38)22(32)14-19-10-6-4-7-11-19/h5,8-9,12-13,17-19,22-26,38-39H,4,6-7,10-11,14-16,32H2,1-3H3,(H,33,34)(H,35,40)(H,36,43)(H,37,41,42)/t22?,23-,24-,25?,26?/m0/s1. The number of aliphatic hydroxyl groups is 2. The molecule has 4 amide bonds. The minimum absolute atomic E-state index is 0.0881. The maximum absolute atomic E-state index is 13.5. The van der Waals surface area contributed by atoms with Crippen molar-refractivity contribution < 1.29 is 34.1 Å². The zero-order valence-corrected chi connectivity index (χ0v) is 25.6. The number of nitrogens with two attached hydrogens (primary N) is 1. The molecule has 1 aromatic heterocycles. The van der Waals surface area contributed by atoms with E-state index in [9.17, 15) is 29.4 Å². The first kappa shape index (κ1) is 34.7. The molecule has 1 aliphatic rings. The van der Waals surface area contributed by atoms with Crippen molar-refractivity contribution >= 4 is 23.8 Å². The fraction of sp³-hybridized carbons (Fsp3) is 0.581. The van der Waals surface area contributed by atoms with Gasteiger partial charge in [0.25, 0.3) is 5.91 Å². The monoisotopic (exact) mass is 614 g/mol. The molecule has 13 heteroatoms. The van der Waals surface area contributed by atoms with E-state index in [1.165, 1.54) is 12.5 Å². The number of nitrogens with zero attached hydrogens (tertiary/aromatic N) is 1. The Hall–Kier alpha value is -3.81. The number of nitrogens with one attached hydrogen (secondary N) is 4. The van der Waals surface area contributed by atoms with E-state index in [0.29, 0.717) is 18.0 Å². The van der Waals surface area contributed by atoms with Gasteiger partial charge in [-0.15, -0.1) is 0 Å². The van der Waals surface area contributed by atoms with Gasteiger partial charge >= 0.3 is 6.09 Å². The van der Waals surface area contributed by atoms with Crippen molar-refractivity contribution in [2.75, 3.05) is 0 Å². The minimum atomic E-state index is -1.96. The Morgan fingerprint density at radius 2 is 1.64 bits per heavy atom. The second kappa shape index (κ2) is 16.3. The predicted molar refractivity (Wildman–Crippen MR) is 162 cm³/mol. The second-order valence-electron chi connectivity index (χ2n) is 12.4. The lowest BCUT2D eigenvalue weighted by molar-refractivity contribution is -0.142. The molecule has 3 rings (SSSR count). The maximum atomic E-state index is 13.5. The molecule has 0 aliphatic heterocycles. The van der Waals surface area contributed by atoms with Gasteiger partial charge in [-0.2, -0.15) is 0 Å². The number of ether oxygens (including phenoxy) is 1. The molecule has 1 heterocycles. The van der Waals surface area contributed by atoms with Gasteiger partial charge in [-0.3, -0.25) is 19.7 Å². The largest absolute Gasteiger partial charge is 0.444 e. The van der Waals surface area contributed by atoms with Crippen molar-refractivity contribution in [3.05, 3.63) is 54.1 Å². The Morgan fingerprint density at radius 3 is 2.25 bits per heavy atom. The van der Waals surface area contributed by atoms with Gasteiger partial charge in [0, 0.05) is 30.8 Å². The van der Waals surface area contributed by atoms with Crippen molar-refractivity contribution in [3.8, 4) is 0 Å². The van der Waals surface area contributed by atoms with E-state index in [-0.39, 0.29) is 12.8 Å². The van der Waals surface area contributed by atoms with Crippen LogP contribution >= 0.6 is 0 Å². The number of imidazole rings is 1. The van der Waals surface area contributed by atoms with Crippen molar-refractivity contribution in [1.29, 1.82) is 0 Å². The molecular formula is C31H46N6O7. The van der Waals surface area contributed by atoms with Crippen LogP contribution in [0.2, 0.25) is 0 Å². The average Bonchev–Trinajstić information content (AvgIpc) is 3.49. The Kier molecular flexibility index (Phi) is 12.9. The Labute approximate surface area is 257 Å². The number of benzene rings is 1. The first-order valence-corrected chi connectivity index (χ1v) is 15.1. The van der Waals surface area contributed by atoms with Gasteiger partial charge in [0.2, 0.25) is 11.8 Å². The van der Waals surface area contributed by atoms with E-state index in [1.54, 1.807) is 45.0 Å². The smallest absolute Gasteiger partial charge is 0.408 e. The highest BCUT2D eigenvalue weighted by Crippen LogP contribution is 2.27. The zero-order chi connectivity index (χ0) is 32.3. The van der Waals surface area contributed by atoms with E-state index in [4.69, 9.17) is 10.5 Å². The number of alkyl carbamates (subject to hydrolysis) is 1. The van der Waals surface area contributed by atoms with Gasteiger partial charge < -0.3 is 36.3 Å². The Morgan fingerprint density at radius 1 is 0.977 bits per heavy atom. The number of hydrogen-bond donors (Lipinski definition) is 7. The summed E-state index contributed by atoms with van der Waals surface area (Å²) in [6, 6.07) is 5.67. The first-order chi connectivity index (χ1) is 20.8. The molecule has 1 aliphatic carbocycles. The number of imide groups is 1. The van der Waals surface area contributed by atoms with Crippen molar-refractivity contribution in [2.45, 2.75) is 108 Å². The lowest BCUT2D eigenvalue weighted by atomic mass is 9.83.